The summed E-state index contributed by atoms with van der Waals surface area (Å²) in [6.45, 7) is 7.93. The molecule has 2 aromatic carbocycles. The monoisotopic (exact) mass is 442 g/mol. The molecule has 2 aromatic rings. The van der Waals surface area contributed by atoms with Gasteiger partial charge in [0.15, 0.2) is 0 Å². The van der Waals surface area contributed by atoms with Gasteiger partial charge in [0.2, 0.25) is 5.91 Å². The first-order valence-corrected chi connectivity index (χ1v) is 12.4. The van der Waals surface area contributed by atoms with E-state index in [0.29, 0.717) is 0 Å². The van der Waals surface area contributed by atoms with Crippen LogP contribution in [-0.2, 0) is 20.4 Å². The summed E-state index contributed by atoms with van der Waals surface area (Å²) in [5.74, 6) is 0.179. The van der Waals surface area contributed by atoms with Crippen molar-refractivity contribution in [3.8, 4) is 0 Å². The van der Waals surface area contributed by atoms with Gasteiger partial charge in [0.1, 0.15) is 12.3 Å². The number of hydrogen-bond donors (Lipinski definition) is 2. The third kappa shape index (κ3) is 1.88. The van der Waals surface area contributed by atoms with Gasteiger partial charge in [0.05, 0.1) is 23.2 Å². The van der Waals surface area contributed by atoms with Gasteiger partial charge in [-0.15, -0.1) is 0 Å². The smallest absolute Gasteiger partial charge is 0.220 e. The van der Waals surface area contributed by atoms with Crippen molar-refractivity contribution in [2.75, 3.05) is 23.7 Å². The molecule has 1 unspecified atom stereocenters. The Hall–Kier alpha value is -2.57. The van der Waals surface area contributed by atoms with Gasteiger partial charge in [0, 0.05) is 36.8 Å². The third-order valence-electron chi connectivity index (χ3n) is 9.83. The van der Waals surface area contributed by atoms with Crippen LogP contribution in [0.25, 0.3) is 0 Å². The van der Waals surface area contributed by atoms with Gasteiger partial charge >= 0.3 is 0 Å². The lowest BCUT2D eigenvalue weighted by molar-refractivity contribution is -0.140. The summed E-state index contributed by atoms with van der Waals surface area (Å²) in [4.78, 5) is 17.9. The zero-order valence-corrected chi connectivity index (χ0v) is 19.4. The van der Waals surface area contributed by atoms with Gasteiger partial charge in [0.25, 0.3) is 0 Å². The molecule has 0 saturated carbocycles. The number of rotatable bonds is 1. The molecule has 6 aliphatic heterocycles. The first kappa shape index (κ1) is 18.8. The minimum absolute atomic E-state index is 0.0275. The summed E-state index contributed by atoms with van der Waals surface area (Å²) >= 11 is 0. The molecule has 6 nitrogen and oxygen atoms in total. The molecule has 3 saturated heterocycles. The van der Waals surface area contributed by atoms with Gasteiger partial charge in [-0.1, -0.05) is 30.3 Å². The van der Waals surface area contributed by atoms with Crippen molar-refractivity contribution >= 4 is 17.3 Å². The molecule has 0 radical (unpaired) electrons. The molecular weight excluding hydrogens is 412 g/mol. The van der Waals surface area contributed by atoms with Gasteiger partial charge in [-0.05, 0) is 55.5 Å². The van der Waals surface area contributed by atoms with Crippen LogP contribution in [0.2, 0.25) is 0 Å². The van der Waals surface area contributed by atoms with Crippen LogP contribution < -0.4 is 10.6 Å². The van der Waals surface area contributed by atoms with Crippen molar-refractivity contribution in [2.24, 2.45) is 0 Å². The minimum atomic E-state index is -0.161. The zero-order chi connectivity index (χ0) is 22.3. The Kier molecular flexibility index (Phi) is 3.17. The SMILES string of the molecule is CC(=O)N1CC[C@]23c4ccccc4N[C@H]4Nc5cccc6c5[C@]42CCN([C@H]6[C@@H]2OC2(C)C)[C@H]13. The van der Waals surface area contributed by atoms with Gasteiger partial charge in [-0.2, -0.15) is 0 Å². The highest BCUT2D eigenvalue weighted by atomic mass is 16.6. The lowest BCUT2D eigenvalue weighted by Gasteiger charge is -2.61. The third-order valence-corrected chi connectivity index (χ3v) is 9.83. The summed E-state index contributed by atoms with van der Waals surface area (Å²) in [7, 11) is 0. The molecule has 8 rings (SSSR count). The summed E-state index contributed by atoms with van der Waals surface area (Å²) in [5.41, 5.74) is 6.30. The van der Waals surface area contributed by atoms with Crippen LogP contribution in [-0.4, -0.2) is 52.8 Å². The fraction of sp³-hybridized carbons (Fsp3) is 0.519. The molecule has 0 aromatic heterocycles. The van der Waals surface area contributed by atoms with E-state index < -0.39 is 0 Å². The first-order chi connectivity index (χ1) is 15.9. The molecule has 2 N–H and O–H groups in total. The summed E-state index contributed by atoms with van der Waals surface area (Å²) < 4.78 is 6.34. The maximum atomic E-state index is 13.1. The Labute approximate surface area is 194 Å². The highest BCUT2D eigenvalue weighted by Crippen LogP contribution is 2.71. The highest BCUT2D eigenvalue weighted by Gasteiger charge is 2.76. The number of benzene rings is 2. The van der Waals surface area contributed by atoms with Gasteiger partial charge in [-0.3, -0.25) is 9.69 Å². The largest absolute Gasteiger partial charge is 0.365 e. The van der Waals surface area contributed by atoms with E-state index >= 15 is 0 Å². The average molecular weight is 443 g/mol. The number of fused-ring (bicyclic) bond motifs is 1. The highest BCUT2D eigenvalue weighted by molar-refractivity contribution is 5.79. The first-order valence-electron chi connectivity index (χ1n) is 12.4. The molecule has 6 heteroatoms. The normalized spacial score (nSPS) is 41.9. The molecule has 7 atom stereocenters. The molecular formula is C27H30N4O2. The van der Waals surface area contributed by atoms with Gasteiger partial charge < -0.3 is 20.3 Å². The van der Waals surface area contributed by atoms with Crippen LogP contribution >= 0.6 is 0 Å². The molecule has 3 fully saturated rings. The lowest BCUT2D eigenvalue weighted by Crippen LogP contribution is -2.72. The second-order valence-corrected chi connectivity index (χ2v) is 11.4. The standard InChI is InChI=1S/C27H30N4O2/c1-15(32)30-13-11-26-17-8-4-5-9-18(17)28-23-27(26)12-14-31(24(26)30)21(22-25(2,3)33-22)16-7-6-10-19(29-23)20(16)27/h4-10,21-24,28-29H,11-14H2,1-3H3/t21-,22+,23+,24+,26-,27-/m1/s1. The number of carbonyl (C=O) groups is 1. The number of nitrogens with zero attached hydrogens (tertiary/aromatic N) is 2. The summed E-state index contributed by atoms with van der Waals surface area (Å²) in [6, 6.07) is 15.8. The van der Waals surface area contributed by atoms with Crippen LogP contribution in [0, 0.1) is 0 Å². The molecule has 6 aliphatic rings. The van der Waals surface area contributed by atoms with Crippen molar-refractivity contribution in [3.63, 3.8) is 0 Å². The summed E-state index contributed by atoms with van der Waals surface area (Å²) in [6.07, 6.45) is 2.33. The maximum Gasteiger partial charge on any atom is 0.220 e. The number of amides is 1. The minimum Gasteiger partial charge on any atom is -0.365 e. The Morgan fingerprint density at radius 3 is 2.52 bits per heavy atom. The Bertz CT molecular complexity index is 1240. The van der Waals surface area contributed by atoms with Crippen molar-refractivity contribution in [1.29, 1.82) is 0 Å². The van der Waals surface area contributed by atoms with Gasteiger partial charge in [-0.25, -0.2) is 0 Å². The van der Waals surface area contributed by atoms with Crippen LogP contribution in [0.4, 0.5) is 11.4 Å². The molecule has 2 bridgehead atoms. The number of nitrogens with one attached hydrogen (secondary N) is 2. The van der Waals surface area contributed by atoms with E-state index in [2.05, 4.69) is 76.7 Å². The van der Waals surface area contributed by atoms with Crippen molar-refractivity contribution < 1.29 is 9.53 Å². The fourth-order valence-corrected chi connectivity index (χ4v) is 8.69. The second kappa shape index (κ2) is 5.56. The number of epoxide rings is 1. The topological polar surface area (TPSA) is 60.1 Å². The van der Waals surface area contributed by atoms with Crippen molar-refractivity contribution in [2.45, 2.75) is 74.5 Å². The molecule has 0 aliphatic carbocycles. The second-order valence-electron chi connectivity index (χ2n) is 11.4. The summed E-state index contributed by atoms with van der Waals surface area (Å²) in [5, 5.41) is 7.82. The van der Waals surface area contributed by atoms with E-state index in [1.54, 1.807) is 6.92 Å². The number of likely N-dealkylation sites (tertiary alicyclic amines) is 1. The Balaban J connectivity index is 1.50. The van der Waals surface area contributed by atoms with E-state index in [9.17, 15) is 4.79 Å². The molecule has 33 heavy (non-hydrogen) atoms. The Morgan fingerprint density at radius 2 is 1.73 bits per heavy atom. The van der Waals surface area contributed by atoms with E-state index in [-0.39, 0.29) is 46.8 Å². The number of ether oxygens (including phenoxy) is 1. The molecule has 6 heterocycles. The number of para-hydroxylation sites is 1. The van der Waals surface area contributed by atoms with Crippen molar-refractivity contribution in [3.05, 3.63) is 59.2 Å². The average Bonchev–Trinajstić information content (AvgIpc) is 3.13. The lowest BCUT2D eigenvalue weighted by atomic mass is 9.50. The molecule has 1 amide bonds. The van der Waals surface area contributed by atoms with Crippen LogP contribution in [0.5, 0.6) is 0 Å². The Morgan fingerprint density at radius 1 is 1.00 bits per heavy atom. The van der Waals surface area contributed by atoms with Crippen molar-refractivity contribution in [1.82, 2.24) is 9.80 Å². The fourth-order valence-electron chi connectivity index (χ4n) is 8.69. The number of hydrogen-bond acceptors (Lipinski definition) is 5. The van der Waals surface area contributed by atoms with E-state index in [4.69, 9.17) is 4.74 Å². The number of anilines is 2. The predicted octanol–water partition coefficient (Wildman–Crippen LogP) is 3.56. The van der Waals surface area contributed by atoms with E-state index in [1.807, 2.05) is 0 Å². The van der Waals surface area contributed by atoms with Crippen LogP contribution in [0.1, 0.15) is 56.3 Å². The van der Waals surface area contributed by atoms with E-state index in [1.165, 1.54) is 28.1 Å². The van der Waals surface area contributed by atoms with Crippen LogP contribution in [0.15, 0.2) is 42.5 Å². The zero-order valence-electron chi connectivity index (χ0n) is 19.4. The number of carbonyl (C=O) groups excluding carboxylic acids is 1. The predicted molar refractivity (Wildman–Crippen MR) is 126 cm³/mol. The number of piperidine rings is 1. The quantitative estimate of drug-likeness (QED) is 0.662. The molecule has 2 spiro atoms. The molecule has 170 valence electrons. The van der Waals surface area contributed by atoms with Crippen LogP contribution in [0.3, 0.4) is 0 Å². The maximum absolute atomic E-state index is 13.1. The van der Waals surface area contributed by atoms with E-state index in [0.717, 1.165) is 25.9 Å².